The van der Waals surface area contributed by atoms with Crippen LogP contribution in [0, 0.1) is 5.92 Å². The lowest BCUT2D eigenvalue weighted by atomic mass is 9.94. The summed E-state index contributed by atoms with van der Waals surface area (Å²) in [5, 5.41) is 10.4. The SMILES string of the molecule is CN(C)CC1CCn2ncc(C(=O)NCCc3nccs3)c2C1. The van der Waals surface area contributed by atoms with Crippen LogP contribution in [0.25, 0.3) is 0 Å². The van der Waals surface area contributed by atoms with Crippen LogP contribution >= 0.6 is 11.3 Å². The molecular weight excluding hydrogens is 310 g/mol. The maximum atomic E-state index is 12.4. The standard InChI is InChI=1S/C16H23N5OS/c1-20(2)11-12-4-7-21-14(9-12)13(10-19-21)16(22)18-5-3-15-17-6-8-23-15/h6,8,10,12H,3-5,7,9,11H2,1-2H3,(H,18,22). The molecule has 7 heteroatoms. The lowest BCUT2D eigenvalue weighted by Gasteiger charge is -2.26. The number of hydrogen-bond donors (Lipinski definition) is 1. The summed E-state index contributed by atoms with van der Waals surface area (Å²) < 4.78 is 1.99. The van der Waals surface area contributed by atoms with Gasteiger partial charge in [0.1, 0.15) is 0 Å². The highest BCUT2D eigenvalue weighted by molar-refractivity contribution is 7.09. The van der Waals surface area contributed by atoms with Crippen molar-refractivity contribution in [3.8, 4) is 0 Å². The van der Waals surface area contributed by atoms with E-state index in [4.69, 9.17) is 0 Å². The lowest BCUT2D eigenvalue weighted by Crippen LogP contribution is -2.31. The Morgan fingerprint density at radius 1 is 1.52 bits per heavy atom. The number of aryl methyl sites for hydroxylation is 1. The van der Waals surface area contributed by atoms with Crippen LogP contribution < -0.4 is 5.32 Å². The summed E-state index contributed by atoms with van der Waals surface area (Å²) in [7, 11) is 4.19. The van der Waals surface area contributed by atoms with Gasteiger partial charge in [-0.1, -0.05) is 0 Å². The monoisotopic (exact) mass is 333 g/mol. The molecule has 0 aliphatic carbocycles. The molecule has 0 aromatic carbocycles. The van der Waals surface area contributed by atoms with Crippen LogP contribution in [0.15, 0.2) is 17.8 Å². The summed E-state index contributed by atoms with van der Waals surface area (Å²) in [5.41, 5.74) is 1.81. The van der Waals surface area contributed by atoms with Crippen molar-refractivity contribution in [1.82, 2.24) is 25.0 Å². The first-order valence-corrected chi connectivity index (χ1v) is 8.87. The zero-order valence-electron chi connectivity index (χ0n) is 13.7. The molecule has 0 saturated carbocycles. The molecule has 2 aromatic heterocycles. The molecule has 0 radical (unpaired) electrons. The highest BCUT2D eigenvalue weighted by Crippen LogP contribution is 2.23. The van der Waals surface area contributed by atoms with Gasteiger partial charge in [-0.05, 0) is 32.9 Å². The fraction of sp³-hybridized carbons (Fsp3) is 0.562. The molecule has 3 heterocycles. The summed E-state index contributed by atoms with van der Waals surface area (Å²) in [6, 6.07) is 0. The Bertz CT molecular complexity index is 649. The number of fused-ring (bicyclic) bond motifs is 1. The topological polar surface area (TPSA) is 63.1 Å². The molecule has 6 nitrogen and oxygen atoms in total. The molecule has 2 aromatic rings. The second-order valence-electron chi connectivity index (χ2n) is 6.28. The number of hydrogen-bond acceptors (Lipinski definition) is 5. The summed E-state index contributed by atoms with van der Waals surface area (Å²) in [4.78, 5) is 18.9. The van der Waals surface area contributed by atoms with E-state index in [1.165, 1.54) is 0 Å². The van der Waals surface area contributed by atoms with Crippen molar-refractivity contribution in [3.63, 3.8) is 0 Å². The maximum Gasteiger partial charge on any atom is 0.254 e. The van der Waals surface area contributed by atoms with Crippen molar-refractivity contribution in [2.75, 3.05) is 27.2 Å². The third kappa shape index (κ3) is 3.97. The van der Waals surface area contributed by atoms with E-state index in [2.05, 4.69) is 34.4 Å². The van der Waals surface area contributed by atoms with E-state index in [1.807, 2.05) is 10.1 Å². The summed E-state index contributed by atoms with van der Waals surface area (Å²) in [5.74, 6) is 0.573. The van der Waals surface area contributed by atoms with E-state index in [9.17, 15) is 4.79 Å². The summed E-state index contributed by atoms with van der Waals surface area (Å²) >= 11 is 1.62. The van der Waals surface area contributed by atoms with Gasteiger partial charge in [-0.15, -0.1) is 11.3 Å². The first-order valence-electron chi connectivity index (χ1n) is 7.99. The van der Waals surface area contributed by atoms with Gasteiger partial charge >= 0.3 is 0 Å². The maximum absolute atomic E-state index is 12.4. The van der Waals surface area contributed by atoms with Crippen LogP contribution in [-0.2, 0) is 19.4 Å². The first kappa shape index (κ1) is 16.1. The molecular formula is C16H23N5OS. The zero-order valence-corrected chi connectivity index (χ0v) is 14.5. The van der Waals surface area contributed by atoms with Crippen molar-refractivity contribution in [2.45, 2.75) is 25.8 Å². The van der Waals surface area contributed by atoms with E-state index < -0.39 is 0 Å². The molecule has 3 rings (SSSR count). The van der Waals surface area contributed by atoms with Crippen LogP contribution in [0.5, 0.6) is 0 Å². The van der Waals surface area contributed by atoms with Crippen LogP contribution in [0.3, 0.4) is 0 Å². The Hall–Kier alpha value is -1.73. The first-order chi connectivity index (χ1) is 11.1. The molecule has 1 amide bonds. The highest BCUT2D eigenvalue weighted by Gasteiger charge is 2.25. The third-order valence-corrected chi connectivity index (χ3v) is 5.00. The number of carbonyl (C=O) groups is 1. The molecule has 0 saturated heterocycles. The van der Waals surface area contributed by atoms with Crippen LogP contribution in [0.4, 0.5) is 0 Å². The predicted octanol–water partition coefficient (Wildman–Crippen LogP) is 1.44. The second kappa shape index (κ2) is 7.23. The van der Waals surface area contributed by atoms with E-state index in [0.717, 1.165) is 48.6 Å². The van der Waals surface area contributed by atoms with Gasteiger partial charge < -0.3 is 10.2 Å². The van der Waals surface area contributed by atoms with Gasteiger partial charge in [-0.3, -0.25) is 9.48 Å². The van der Waals surface area contributed by atoms with Gasteiger partial charge in [0.2, 0.25) is 0 Å². The Kier molecular flexibility index (Phi) is 5.07. The summed E-state index contributed by atoms with van der Waals surface area (Å²) in [6.45, 7) is 2.56. The van der Waals surface area contributed by atoms with Crippen molar-refractivity contribution in [1.29, 1.82) is 0 Å². The number of nitrogens with one attached hydrogen (secondary N) is 1. The van der Waals surface area contributed by atoms with Gasteiger partial charge in [0.25, 0.3) is 5.91 Å². The normalized spacial score (nSPS) is 17.3. The minimum absolute atomic E-state index is 0.0201. The quantitative estimate of drug-likeness (QED) is 0.869. The molecule has 0 spiro atoms. The minimum Gasteiger partial charge on any atom is -0.352 e. The Morgan fingerprint density at radius 3 is 3.13 bits per heavy atom. The Morgan fingerprint density at radius 2 is 2.39 bits per heavy atom. The van der Waals surface area contributed by atoms with Crippen molar-refractivity contribution < 1.29 is 4.79 Å². The highest BCUT2D eigenvalue weighted by atomic mass is 32.1. The van der Waals surface area contributed by atoms with Gasteiger partial charge in [-0.2, -0.15) is 5.10 Å². The van der Waals surface area contributed by atoms with Crippen molar-refractivity contribution in [3.05, 3.63) is 34.0 Å². The molecule has 1 N–H and O–H groups in total. The number of amides is 1. The molecule has 1 aliphatic rings. The lowest BCUT2D eigenvalue weighted by molar-refractivity contribution is 0.0952. The Labute approximate surface area is 140 Å². The number of rotatable bonds is 6. The number of thiazole rings is 1. The minimum atomic E-state index is -0.0201. The summed E-state index contributed by atoms with van der Waals surface area (Å²) in [6.07, 6.45) is 6.33. The average Bonchev–Trinajstić information content (AvgIpc) is 3.15. The van der Waals surface area contributed by atoms with E-state index in [0.29, 0.717) is 12.5 Å². The predicted molar refractivity (Wildman–Crippen MR) is 90.7 cm³/mol. The van der Waals surface area contributed by atoms with Crippen LogP contribution in [-0.4, -0.2) is 52.8 Å². The molecule has 0 fully saturated rings. The number of carbonyl (C=O) groups excluding carboxylic acids is 1. The van der Waals surface area contributed by atoms with Gasteiger partial charge in [-0.25, -0.2) is 4.98 Å². The van der Waals surface area contributed by atoms with Crippen molar-refractivity contribution in [2.24, 2.45) is 5.92 Å². The van der Waals surface area contributed by atoms with Gasteiger partial charge in [0.15, 0.2) is 0 Å². The fourth-order valence-electron chi connectivity index (χ4n) is 3.12. The Balaban J connectivity index is 1.60. The molecule has 1 atom stereocenters. The van der Waals surface area contributed by atoms with E-state index in [-0.39, 0.29) is 5.91 Å². The second-order valence-corrected chi connectivity index (χ2v) is 7.26. The molecule has 0 bridgehead atoms. The molecule has 124 valence electrons. The zero-order chi connectivity index (χ0) is 16.2. The number of aromatic nitrogens is 3. The van der Waals surface area contributed by atoms with E-state index >= 15 is 0 Å². The molecule has 1 aliphatic heterocycles. The van der Waals surface area contributed by atoms with E-state index in [1.54, 1.807) is 23.7 Å². The van der Waals surface area contributed by atoms with Gasteiger partial charge in [0.05, 0.1) is 22.5 Å². The largest absolute Gasteiger partial charge is 0.352 e. The van der Waals surface area contributed by atoms with Crippen LogP contribution in [0.2, 0.25) is 0 Å². The smallest absolute Gasteiger partial charge is 0.254 e. The number of nitrogens with zero attached hydrogens (tertiary/aromatic N) is 4. The third-order valence-electron chi connectivity index (χ3n) is 4.16. The fourth-order valence-corrected chi connectivity index (χ4v) is 3.74. The average molecular weight is 333 g/mol. The van der Waals surface area contributed by atoms with Crippen LogP contribution in [0.1, 0.15) is 27.5 Å². The molecule has 23 heavy (non-hydrogen) atoms. The van der Waals surface area contributed by atoms with Crippen molar-refractivity contribution >= 4 is 17.2 Å². The molecule has 1 unspecified atom stereocenters. The van der Waals surface area contributed by atoms with Gasteiger partial charge in [0, 0.05) is 37.6 Å².